The van der Waals surface area contributed by atoms with E-state index in [9.17, 15) is 4.39 Å². The molecular weight excluding hydrogens is 205 g/mol. The Morgan fingerprint density at radius 2 is 2.00 bits per heavy atom. The highest BCUT2D eigenvalue weighted by Crippen LogP contribution is 2.38. The largest absolute Gasteiger partial charge is 0.496 e. The second kappa shape index (κ2) is 4.42. The molecule has 0 bridgehead atoms. The van der Waals surface area contributed by atoms with Gasteiger partial charge in [-0.1, -0.05) is 6.92 Å². The van der Waals surface area contributed by atoms with Gasteiger partial charge in [-0.2, -0.15) is 0 Å². The topological polar surface area (TPSA) is 21.3 Å². The van der Waals surface area contributed by atoms with Gasteiger partial charge in [0.15, 0.2) is 0 Å². The van der Waals surface area contributed by atoms with Crippen molar-refractivity contribution in [1.82, 2.24) is 5.32 Å². The van der Waals surface area contributed by atoms with Crippen molar-refractivity contribution in [3.05, 3.63) is 29.6 Å². The Balaban J connectivity index is 2.40. The van der Waals surface area contributed by atoms with E-state index in [1.807, 2.05) is 0 Å². The van der Waals surface area contributed by atoms with Gasteiger partial charge >= 0.3 is 0 Å². The van der Waals surface area contributed by atoms with Crippen LogP contribution in [-0.4, -0.2) is 20.2 Å². The fourth-order valence-electron chi connectivity index (χ4n) is 2.40. The van der Waals surface area contributed by atoms with E-state index >= 15 is 0 Å². The summed E-state index contributed by atoms with van der Waals surface area (Å²) in [5, 5.41) is 3.33. The lowest BCUT2D eigenvalue weighted by Gasteiger charge is -2.35. The maximum atomic E-state index is 13.3. The standard InChI is InChI=1S/C13H18FNO/c1-13(5-7-15-8-6-13)11-9-10(14)3-4-12(11)16-2/h3-4,9,15H,5-8H2,1-2H3. The van der Waals surface area contributed by atoms with Crippen LogP contribution in [-0.2, 0) is 5.41 Å². The van der Waals surface area contributed by atoms with E-state index in [-0.39, 0.29) is 11.2 Å². The first kappa shape index (κ1) is 11.4. The number of methoxy groups -OCH3 is 1. The zero-order chi connectivity index (χ0) is 11.6. The molecule has 1 aliphatic heterocycles. The number of piperidine rings is 1. The minimum Gasteiger partial charge on any atom is -0.496 e. The van der Waals surface area contributed by atoms with Gasteiger partial charge in [0, 0.05) is 5.56 Å². The van der Waals surface area contributed by atoms with E-state index in [4.69, 9.17) is 4.74 Å². The van der Waals surface area contributed by atoms with Gasteiger partial charge in [-0.25, -0.2) is 4.39 Å². The molecule has 16 heavy (non-hydrogen) atoms. The van der Waals surface area contributed by atoms with E-state index in [1.165, 1.54) is 6.07 Å². The second-order valence-electron chi connectivity index (χ2n) is 4.66. The van der Waals surface area contributed by atoms with E-state index < -0.39 is 0 Å². The van der Waals surface area contributed by atoms with Crippen LogP contribution >= 0.6 is 0 Å². The lowest BCUT2D eigenvalue weighted by Crippen LogP contribution is -2.37. The number of hydrogen-bond acceptors (Lipinski definition) is 2. The van der Waals surface area contributed by atoms with Gasteiger partial charge in [0.25, 0.3) is 0 Å². The quantitative estimate of drug-likeness (QED) is 0.831. The molecular formula is C13H18FNO. The minimum atomic E-state index is -0.185. The normalized spacial score (nSPS) is 19.4. The molecule has 1 fully saturated rings. The molecule has 1 aromatic carbocycles. The highest BCUT2D eigenvalue weighted by molar-refractivity contribution is 5.40. The minimum absolute atomic E-state index is 0.0265. The summed E-state index contributed by atoms with van der Waals surface area (Å²) >= 11 is 0. The summed E-state index contributed by atoms with van der Waals surface area (Å²) in [7, 11) is 1.64. The molecule has 2 rings (SSSR count). The SMILES string of the molecule is COc1ccc(F)cc1C1(C)CCNCC1. The number of nitrogens with one attached hydrogen (secondary N) is 1. The number of benzene rings is 1. The molecule has 3 heteroatoms. The summed E-state index contributed by atoms with van der Waals surface area (Å²) in [6.07, 6.45) is 2.04. The molecule has 88 valence electrons. The molecule has 0 unspecified atom stereocenters. The van der Waals surface area contributed by atoms with Gasteiger partial charge < -0.3 is 10.1 Å². The van der Waals surface area contributed by atoms with Crippen LogP contribution in [0, 0.1) is 5.82 Å². The monoisotopic (exact) mass is 223 g/mol. The smallest absolute Gasteiger partial charge is 0.123 e. The summed E-state index contributed by atoms with van der Waals surface area (Å²) in [5.74, 6) is 0.612. The first-order valence-electron chi connectivity index (χ1n) is 5.70. The molecule has 0 spiro atoms. The molecule has 1 N–H and O–H groups in total. The van der Waals surface area contributed by atoms with Crippen molar-refractivity contribution in [3.8, 4) is 5.75 Å². The van der Waals surface area contributed by atoms with Crippen molar-refractivity contribution in [2.45, 2.75) is 25.2 Å². The number of rotatable bonds is 2. The van der Waals surface area contributed by atoms with Gasteiger partial charge in [-0.3, -0.25) is 0 Å². The van der Waals surface area contributed by atoms with Crippen LogP contribution < -0.4 is 10.1 Å². The van der Waals surface area contributed by atoms with Crippen molar-refractivity contribution in [1.29, 1.82) is 0 Å². The second-order valence-corrected chi connectivity index (χ2v) is 4.66. The van der Waals surface area contributed by atoms with Crippen molar-refractivity contribution < 1.29 is 9.13 Å². The van der Waals surface area contributed by atoms with Crippen molar-refractivity contribution in [3.63, 3.8) is 0 Å². The highest BCUT2D eigenvalue weighted by atomic mass is 19.1. The fourth-order valence-corrected chi connectivity index (χ4v) is 2.40. The number of hydrogen-bond donors (Lipinski definition) is 1. The van der Waals surface area contributed by atoms with Gasteiger partial charge in [0.1, 0.15) is 11.6 Å². The summed E-state index contributed by atoms with van der Waals surface area (Å²) in [4.78, 5) is 0. The third kappa shape index (κ3) is 2.05. The Kier molecular flexibility index (Phi) is 3.15. The predicted molar refractivity (Wildman–Crippen MR) is 62.4 cm³/mol. The number of halogens is 1. The fraction of sp³-hybridized carbons (Fsp3) is 0.538. The van der Waals surface area contributed by atoms with Crippen LogP contribution in [0.3, 0.4) is 0 Å². The van der Waals surface area contributed by atoms with E-state index in [0.29, 0.717) is 0 Å². The molecule has 0 aliphatic carbocycles. The van der Waals surface area contributed by atoms with Gasteiger partial charge in [-0.05, 0) is 49.5 Å². The van der Waals surface area contributed by atoms with Crippen LogP contribution in [0.5, 0.6) is 5.75 Å². The molecule has 0 atom stereocenters. The Labute approximate surface area is 95.8 Å². The van der Waals surface area contributed by atoms with Crippen molar-refractivity contribution in [2.75, 3.05) is 20.2 Å². The van der Waals surface area contributed by atoms with Crippen LogP contribution in [0.2, 0.25) is 0 Å². The first-order chi connectivity index (χ1) is 7.65. The summed E-state index contributed by atoms with van der Waals surface area (Å²) < 4.78 is 18.7. The zero-order valence-electron chi connectivity index (χ0n) is 9.85. The van der Waals surface area contributed by atoms with Crippen LogP contribution in [0.15, 0.2) is 18.2 Å². The maximum absolute atomic E-state index is 13.3. The summed E-state index contributed by atoms with van der Waals surface area (Å²) in [5.41, 5.74) is 1.02. The lowest BCUT2D eigenvalue weighted by molar-refractivity contribution is 0.315. The molecule has 0 saturated carbocycles. The molecule has 0 aromatic heterocycles. The van der Waals surface area contributed by atoms with Crippen LogP contribution in [0.25, 0.3) is 0 Å². The molecule has 0 amide bonds. The maximum Gasteiger partial charge on any atom is 0.123 e. The predicted octanol–water partition coefficient (Wildman–Crippen LogP) is 2.48. The summed E-state index contributed by atoms with van der Waals surface area (Å²) in [6.45, 7) is 4.15. The zero-order valence-corrected chi connectivity index (χ0v) is 9.85. The Morgan fingerprint density at radius 3 is 2.62 bits per heavy atom. The average Bonchev–Trinajstić information content (AvgIpc) is 2.30. The van der Waals surface area contributed by atoms with Gasteiger partial charge in [0.2, 0.25) is 0 Å². The van der Waals surface area contributed by atoms with E-state index in [2.05, 4.69) is 12.2 Å². The Morgan fingerprint density at radius 1 is 1.31 bits per heavy atom. The summed E-state index contributed by atoms with van der Waals surface area (Å²) in [6, 6.07) is 4.79. The molecule has 1 heterocycles. The van der Waals surface area contributed by atoms with Gasteiger partial charge in [0.05, 0.1) is 7.11 Å². The lowest BCUT2D eigenvalue weighted by atomic mass is 9.74. The molecule has 1 saturated heterocycles. The Bertz CT molecular complexity index is 372. The Hall–Kier alpha value is -1.09. The molecule has 2 nitrogen and oxygen atoms in total. The van der Waals surface area contributed by atoms with Crippen LogP contribution in [0.1, 0.15) is 25.3 Å². The molecule has 0 radical (unpaired) electrons. The third-order valence-corrected chi connectivity index (χ3v) is 3.52. The van der Waals surface area contributed by atoms with Crippen molar-refractivity contribution >= 4 is 0 Å². The van der Waals surface area contributed by atoms with Crippen LogP contribution in [0.4, 0.5) is 4.39 Å². The molecule has 1 aliphatic rings. The molecule has 1 aromatic rings. The third-order valence-electron chi connectivity index (χ3n) is 3.52. The van der Waals surface area contributed by atoms with Crippen molar-refractivity contribution in [2.24, 2.45) is 0 Å². The first-order valence-corrected chi connectivity index (χ1v) is 5.70. The number of ether oxygens (including phenoxy) is 1. The van der Waals surface area contributed by atoms with E-state index in [0.717, 1.165) is 37.2 Å². The highest BCUT2D eigenvalue weighted by Gasteiger charge is 2.31. The van der Waals surface area contributed by atoms with E-state index in [1.54, 1.807) is 19.2 Å². The van der Waals surface area contributed by atoms with Gasteiger partial charge in [-0.15, -0.1) is 0 Å². The average molecular weight is 223 g/mol.